The summed E-state index contributed by atoms with van der Waals surface area (Å²) in [5.74, 6) is -0.988. The minimum atomic E-state index is -4.04. The zero-order valence-corrected chi connectivity index (χ0v) is 10.7. The molecule has 2 N–H and O–H groups in total. The van der Waals surface area contributed by atoms with Crippen molar-refractivity contribution in [1.82, 2.24) is 10.2 Å². The minimum absolute atomic E-state index is 0.146. The van der Waals surface area contributed by atoms with E-state index < -0.39 is 12.1 Å². The Balaban J connectivity index is 1.92. The molecule has 0 amide bonds. The lowest BCUT2D eigenvalue weighted by atomic mass is 9.82. The van der Waals surface area contributed by atoms with E-state index in [9.17, 15) is 13.2 Å². The Hall–Kier alpha value is -0.690. The van der Waals surface area contributed by atoms with Gasteiger partial charge >= 0.3 is 6.18 Å². The van der Waals surface area contributed by atoms with Crippen LogP contribution in [-0.4, -0.2) is 22.9 Å². The van der Waals surface area contributed by atoms with Gasteiger partial charge in [-0.25, -0.2) is 0 Å². The Morgan fingerprint density at radius 3 is 2.39 bits per heavy atom. The Labute approximate surface area is 108 Å². The molecule has 7 heteroatoms. The minimum Gasteiger partial charge on any atom is -0.330 e. The summed E-state index contributed by atoms with van der Waals surface area (Å²) in [4.78, 5) is 0. The summed E-state index contributed by atoms with van der Waals surface area (Å²) < 4.78 is 37.6. The highest BCUT2D eigenvalue weighted by Crippen LogP contribution is 2.43. The molecule has 0 atom stereocenters. The molecule has 1 aliphatic carbocycles. The molecule has 1 heterocycles. The molecule has 0 aromatic carbocycles. The summed E-state index contributed by atoms with van der Waals surface area (Å²) in [6.07, 6.45) is -1.82. The predicted molar refractivity (Wildman–Crippen MR) is 63.4 cm³/mol. The lowest BCUT2D eigenvalue weighted by Gasteiger charge is -2.28. The molecule has 1 fully saturated rings. The Morgan fingerprint density at radius 2 is 1.83 bits per heavy atom. The highest BCUT2D eigenvalue weighted by Gasteiger charge is 2.42. The third-order valence-corrected chi connectivity index (χ3v) is 4.53. The van der Waals surface area contributed by atoms with E-state index in [1.807, 2.05) is 0 Å². The highest BCUT2D eigenvalue weighted by molar-refractivity contribution is 7.11. The first kappa shape index (κ1) is 13.7. The first-order valence-electron chi connectivity index (χ1n) is 6.09. The van der Waals surface area contributed by atoms with Crippen molar-refractivity contribution in [3.05, 3.63) is 10.0 Å². The zero-order valence-electron chi connectivity index (χ0n) is 9.91. The van der Waals surface area contributed by atoms with Crippen molar-refractivity contribution >= 4 is 11.3 Å². The maximum Gasteiger partial charge on any atom is 0.391 e. The van der Waals surface area contributed by atoms with E-state index in [-0.39, 0.29) is 18.8 Å². The number of alkyl halides is 3. The number of nitrogens with zero attached hydrogens (tertiary/aromatic N) is 2. The third kappa shape index (κ3) is 3.20. The van der Waals surface area contributed by atoms with E-state index in [1.165, 1.54) is 11.3 Å². The largest absolute Gasteiger partial charge is 0.391 e. The van der Waals surface area contributed by atoms with Gasteiger partial charge in [0.2, 0.25) is 0 Å². The standard InChI is InChI=1S/C11H16F3N3S/c12-11(13,14)8-3-1-7(2-4-8)10-17-16-9(18-10)5-6-15/h7-8H,1-6,15H2. The van der Waals surface area contributed by atoms with Crippen LogP contribution in [0.3, 0.4) is 0 Å². The molecular weight excluding hydrogens is 263 g/mol. The molecule has 1 aromatic rings. The van der Waals surface area contributed by atoms with E-state index in [0.29, 0.717) is 25.8 Å². The fourth-order valence-electron chi connectivity index (χ4n) is 2.32. The first-order chi connectivity index (χ1) is 8.50. The van der Waals surface area contributed by atoms with Gasteiger partial charge in [-0.15, -0.1) is 21.5 Å². The summed E-state index contributed by atoms with van der Waals surface area (Å²) in [5.41, 5.74) is 5.43. The van der Waals surface area contributed by atoms with Gasteiger partial charge in [-0.1, -0.05) is 0 Å². The van der Waals surface area contributed by atoms with Gasteiger partial charge < -0.3 is 5.73 Å². The van der Waals surface area contributed by atoms with Crippen LogP contribution in [0.4, 0.5) is 13.2 Å². The monoisotopic (exact) mass is 279 g/mol. The van der Waals surface area contributed by atoms with Gasteiger partial charge in [-0.05, 0) is 32.2 Å². The van der Waals surface area contributed by atoms with Crippen LogP contribution in [0.1, 0.15) is 41.6 Å². The second kappa shape index (κ2) is 5.52. The molecule has 102 valence electrons. The number of hydrogen-bond acceptors (Lipinski definition) is 4. The van der Waals surface area contributed by atoms with Crippen LogP contribution in [0.5, 0.6) is 0 Å². The summed E-state index contributed by atoms with van der Waals surface area (Å²) in [7, 11) is 0. The number of nitrogens with two attached hydrogens (primary N) is 1. The second-order valence-corrected chi connectivity index (χ2v) is 5.76. The van der Waals surface area contributed by atoms with Crippen LogP contribution in [-0.2, 0) is 6.42 Å². The average molecular weight is 279 g/mol. The Bertz CT molecular complexity index is 383. The van der Waals surface area contributed by atoms with Crippen LogP contribution in [0.15, 0.2) is 0 Å². The molecule has 0 unspecified atom stereocenters. The van der Waals surface area contributed by atoms with Gasteiger partial charge in [0, 0.05) is 12.3 Å². The molecule has 2 rings (SSSR count). The Kier molecular flexibility index (Phi) is 4.21. The SMILES string of the molecule is NCCc1nnc(C2CCC(C(F)(F)F)CC2)s1. The summed E-state index contributed by atoms with van der Waals surface area (Å²) in [6.45, 7) is 0.523. The van der Waals surface area contributed by atoms with Gasteiger partial charge in [0.05, 0.1) is 5.92 Å². The fourth-order valence-corrected chi connectivity index (χ4v) is 3.35. The number of rotatable bonds is 3. The molecule has 3 nitrogen and oxygen atoms in total. The van der Waals surface area contributed by atoms with E-state index in [0.717, 1.165) is 10.0 Å². The van der Waals surface area contributed by atoms with Crippen molar-refractivity contribution in [2.75, 3.05) is 6.54 Å². The molecule has 0 bridgehead atoms. The topological polar surface area (TPSA) is 51.8 Å². The lowest BCUT2D eigenvalue weighted by Crippen LogP contribution is -2.27. The molecular formula is C11H16F3N3S. The van der Waals surface area contributed by atoms with Gasteiger partial charge in [0.25, 0.3) is 0 Å². The maximum atomic E-state index is 12.5. The van der Waals surface area contributed by atoms with Crippen LogP contribution < -0.4 is 5.73 Å². The summed E-state index contributed by atoms with van der Waals surface area (Å²) >= 11 is 1.49. The number of halogens is 3. The van der Waals surface area contributed by atoms with Gasteiger partial charge in [-0.2, -0.15) is 13.2 Å². The molecule has 0 radical (unpaired) electrons. The van der Waals surface area contributed by atoms with Crippen molar-refractivity contribution in [1.29, 1.82) is 0 Å². The number of hydrogen-bond donors (Lipinski definition) is 1. The van der Waals surface area contributed by atoms with Crippen molar-refractivity contribution in [3.8, 4) is 0 Å². The van der Waals surface area contributed by atoms with E-state index in [2.05, 4.69) is 10.2 Å². The molecule has 1 aromatic heterocycles. The molecule has 0 spiro atoms. The van der Waals surface area contributed by atoms with Crippen molar-refractivity contribution < 1.29 is 13.2 Å². The maximum absolute atomic E-state index is 12.5. The highest BCUT2D eigenvalue weighted by atomic mass is 32.1. The smallest absolute Gasteiger partial charge is 0.330 e. The van der Waals surface area contributed by atoms with Crippen LogP contribution in [0.2, 0.25) is 0 Å². The Morgan fingerprint density at radius 1 is 1.17 bits per heavy atom. The van der Waals surface area contributed by atoms with Gasteiger partial charge in [-0.3, -0.25) is 0 Å². The van der Waals surface area contributed by atoms with Crippen LogP contribution in [0, 0.1) is 5.92 Å². The normalized spacial score (nSPS) is 25.3. The predicted octanol–water partition coefficient (Wildman–Crippen LogP) is 2.88. The van der Waals surface area contributed by atoms with Crippen LogP contribution >= 0.6 is 11.3 Å². The van der Waals surface area contributed by atoms with E-state index in [4.69, 9.17) is 5.73 Å². The molecule has 0 aliphatic heterocycles. The zero-order chi connectivity index (χ0) is 13.2. The number of aromatic nitrogens is 2. The summed E-state index contributed by atoms with van der Waals surface area (Å²) in [5, 5.41) is 9.85. The molecule has 1 saturated carbocycles. The average Bonchev–Trinajstić information content (AvgIpc) is 2.77. The first-order valence-corrected chi connectivity index (χ1v) is 6.91. The van der Waals surface area contributed by atoms with Gasteiger partial charge in [0.15, 0.2) is 0 Å². The van der Waals surface area contributed by atoms with E-state index in [1.54, 1.807) is 0 Å². The van der Waals surface area contributed by atoms with E-state index >= 15 is 0 Å². The molecule has 18 heavy (non-hydrogen) atoms. The fraction of sp³-hybridized carbons (Fsp3) is 0.818. The van der Waals surface area contributed by atoms with Crippen molar-refractivity contribution in [2.24, 2.45) is 11.7 Å². The second-order valence-electron chi connectivity index (χ2n) is 4.66. The quantitative estimate of drug-likeness (QED) is 0.925. The van der Waals surface area contributed by atoms with Gasteiger partial charge in [0.1, 0.15) is 10.0 Å². The van der Waals surface area contributed by atoms with Crippen molar-refractivity contribution in [3.63, 3.8) is 0 Å². The lowest BCUT2D eigenvalue weighted by molar-refractivity contribution is -0.182. The van der Waals surface area contributed by atoms with Crippen LogP contribution in [0.25, 0.3) is 0 Å². The molecule has 0 saturated heterocycles. The van der Waals surface area contributed by atoms with Crippen molar-refractivity contribution in [2.45, 2.75) is 44.2 Å². The summed E-state index contributed by atoms with van der Waals surface area (Å²) in [6, 6.07) is 0. The molecule has 1 aliphatic rings. The third-order valence-electron chi connectivity index (χ3n) is 3.38.